The third-order valence-electron chi connectivity index (χ3n) is 5.03. The fourth-order valence-electron chi connectivity index (χ4n) is 3.16. The molecule has 0 aliphatic rings. The third kappa shape index (κ3) is 7.77. The Morgan fingerprint density at radius 2 is 1.70 bits per heavy atom. The van der Waals surface area contributed by atoms with Crippen LogP contribution in [0.3, 0.4) is 0 Å². The van der Waals surface area contributed by atoms with Gasteiger partial charge in [-0.05, 0) is 54.7 Å². The van der Waals surface area contributed by atoms with Crippen LogP contribution in [0.4, 0.5) is 13.2 Å². The number of halogens is 3. The summed E-state index contributed by atoms with van der Waals surface area (Å²) in [7, 11) is -4.48. The first-order valence-corrected chi connectivity index (χ1v) is 12.0. The molecule has 1 atom stereocenters. The number of hydrogen-bond acceptors (Lipinski definition) is 4. The zero-order valence-electron chi connectivity index (χ0n) is 19.4. The fourth-order valence-corrected chi connectivity index (χ4v) is 4.13. The van der Waals surface area contributed by atoms with Gasteiger partial charge < -0.3 is 9.08 Å². The molecule has 0 bridgehead atoms. The van der Waals surface area contributed by atoms with Crippen molar-refractivity contribution in [1.29, 1.82) is 0 Å². The summed E-state index contributed by atoms with van der Waals surface area (Å²) >= 11 is 0. The zero-order valence-corrected chi connectivity index (χ0v) is 20.3. The lowest BCUT2D eigenvalue weighted by atomic mass is 9.91. The lowest BCUT2D eigenvalue weighted by Crippen LogP contribution is -2.39. The number of carbonyl (C=O) groups is 1. The van der Waals surface area contributed by atoms with Gasteiger partial charge in [-0.15, -0.1) is 0 Å². The molecule has 0 aromatic heterocycles. The van der Waals surface area contributed by atoms with E-state index in [-0.39, 0.29) is 29.7 Å². The summed E-state index contributed by atoms with van der Waals surface area (Å²) in [4.78, 5) is 14.0. The molecule has 2 aromatic rings. The topological polar surface area (TPSA) is 63.7 Å². The van der Waals surface area contributed by atoms with Crippen molar-refractivity contribution < 1.29 is 30.6 Å². The van der Waals surface area contributed by atoms with Gasteiger partial charge >= 0.3 is 16.3 Å². The maximum Gasteiger partial charge on any atom is 0.416 e. The van der Waals surface area contributed by atoms with Crippen molar-refractivity contribution in [2.75, 3.05) is 0 Å². The molecule has 0 saturated carbocycles. The summed E-state index contributed by atoms with van der Waals surface area (Å²) in [6.07, 6.45) is -3.57. The first kappa shape index (κ1) is 26.7. The molecule has 5 nitrogen and oxygen atoms in total. The van der Waals surface area contributed by atoms with Crippen molar-refractivity contribution in [2.24, 2.45) is 5.41 Å². The van der Waals surface area contributed by atoms with Gasteiger partial charge in [0.05, 0.1) is 5.56 Å². The second kappa shape index (κ2) is 10.2. The van der Waals surface area contributed by atoms with Crippen LogP contribution in [0.25, 0.3) is 0 Å². The molecule has 2 rings (SSSR count). The normalized spacial score (nSPS) is 13.5. The smallest absolute Gasteiger partial charge is 0.379 e. The Bertz CT molecular complexity index is 1080. The molecule has 9 heteroatoms. The molecule has 0 radical (unpaired) electrons. The monoisotopic (exact) mass is 485 g/mol. The average Bonchev–Trinajstić information content (AvgIpc) is 2.69. The first-order chi connectivity index (χ1) is 15.1. The van der Waals surface area contributed by atoms with Crippen molar-refractivity contribution in [1.82, 2.24) is 4.90 Å². The second-order valence-corrected chi connectivity index (χ2v) is 10.8. The van der Waals surface area contributed by atoms with E-state index in [4.69, 9.17) is 4.18 Å². The van der Waals surface area contributed by atoms with Gasteiger partial charge in [0.25, 0.3) is 0 Å². The maximum atomic E-state index is 13.0. The minimum absolute atomic E-state index is 0.0141. The van der Waals surface area contributed by atoms with Gasteiger partial charge in [-0.3, -0.25) is 4.79 Å². The highest BCUT2D eigenvalue weighted by atomic mass is 32.2. The summed E-state index contributed by atoms with van der Waals surface area (Å²) in [5.74, 6) is -0.0583. The van der Waals surface area contributed by atoms with E-state index < -0.39 is 26.8 Å². The second-order valence-electron chi connectivity index (χ2n) is 9.23. The Morgan fingerprint density at radius 3 is 2.27 bits per heavy atom. The quantitative estimate of drug-likeness (QED) is 0.428. The summed E-state index contributed by atoms with van der Waals surface area (Å²) in [6.45, 7) is 10.1. The minimum atomic E-state index is -4.68. The molecule has 182 valence electrons. The lowest BCUT2D eigenvalue weighted by molar-refractivity contribution is -0.138. The SMILES string of the molecule is CC[C@@H](C)N(Cc1cccc(OS(=O)(=O)c2cccc(C(F)(F)F)c2)c1)C(=O)CC(C)(C)C. The Kier molecular flexibility index (Phi) is 8.22. The Morgan fingerprint density at radius 1 is 1.06 bits per heavy atom. The van der Waals surface area contributed by atoms with Gasteiger partial charge in [-0.2, -0.15) is 21.6 Å². The Hall–Kier alpha value is -2.55. The molecule has 1 amide bonds. The van der Waals surface area contributed by atoms with Crippen LogP contribution in [0.5, 0.6) is 5.75 Å². The van der Waals surface area contributed by atoms with Crippen LogP contribution >= 0.6 is 0 Å². The fraction of sp³-hybridized carbons (Fsp3) is 0.458. The van der Waals surface area contributed by atoms with Gasteiger partial charge in [-0.25, -0.2) is 0 Å². The zero-order chi connectivity index (χ0) is 25.0. The maximum absolute atomic E-state index is 13.0. The number of hydrogen-bond donors (Lipinski definition) is 0. The Balaban J connectivity index is 2.27. The van der Waals surface area contributed by atoms with Crippen LogP contribution in [0, 0.1) is 5.41 Å². The van der Waals surface area contributed by atoms with Gasteiger partial charge in [0, 0.05) is 19.0 Å². The largest absolute Gasteiger partial charge is 0.416 e. The van der Waals surface area contributed by atoms with Gasteiger partial charge in [0.15, 0.2) is 0 Å². The van der Waals surface area contributed by atoms with Crippen LogP contribution < -0.4 is 4.18 Å². The van der Waals surface area contributed by atoms with Gasteiger partial charge in [-0.1, -0.05) is 45.9 Å². The molecule has 0 saturated heterocycles. The number of amides is 1. The van der Waals surface area contributed by atoms with Gasteiger partial charge in [0.2, 0.25) is 5.91 Å². The molecule has 33 heavy (non-hydrogen) atoms. The summed E-state index contributed by atoms with van der Waals surface area (Å²) < 4.78 is 69.1. The summed E-state index contributed by atoms with van der Waals surface area (Å²) in [5.41, 5.74) is -0.621. The molecule has 0 spiro atoms. The van der Waals surface area contributed by atoms with Crippen LogP contribution in [0.15, 0.2) is 53.4 Å². The van der Waals surface area contributed by atoms with Crippen molar-refractivity contribution in [3.05, 3.63) is 59.7 Å². The first-order valence-electron chi connectivity index (χ1n) is 10.6. The van der Waals surface area contributed by atoms with E-state index >= 15 is 0 Å². The summed E-state index contributed by atoms with van der Waals surface area (Å²) in [6, 6.07) is 9.55. The predicted molar refractivity (Wildman–Crippen MR) is 120 cm³/mol. The highest BCUT2D eigenvalue weighted by Crippen LogP contribution is 2.31. The van der Waals surface area contributed by atoms with E-state index in [0.29, 0.717) is 18.1 Å². The molecule has 0 N–H and O–H groups in total. The van der Waals surface area contributed by atoms with Crippen LogP contribution in [-0.2, 0) is 27.6 Å². The highest BCUT2D eigenvalue weighted by Gasteiger charge is 2.32. The number of alkyl halides is 3. The molecule has 0 aliphatic heterocycles. The highest BCUT2D eigenvalue weighted by molar-refractivity contribution is 7.87. The molecule has 0 unspecified atom stereocenters. The van der Waals surface area contributed by atoms with Crippen LogP contribution in [0.1, 0.15) is 58.6 Å². The predicted octanol–water partition coefficient (Wildman–Crippen LogP) is 6.04. The van der Waals surface area contributed by atoms with E-state index in [9.17, 15) is 26.4 Å². The average molecular weight is 486 g/mol. The molecule has 0 fully saturated rings. The van der Waals surface area contributed by atoms with E-state index in [2.05, 4.69) is 0 Å². The van der Waals surface area contributed by atoms with E-state index in [1.807, 2.05) is 34.6 Å². The van der Waals surface area contributed by atoms with Crippen molar-refractivity contribution in [2.45, 2.75) is 71.1 Å². The molecular formula is C24H30F3NO4S. The van der Waals surface area contributed by atoms with E-state index in [1.54, 1.807) is 17.0 Å². The van der Waals surface area contributed by atoms with Crippen molar-refractivity contribution >= 4 is 16.0 Å². The minimum Gasteiger partial charge on any atom is -0.379 e. The lowest BCUT2D eigenvalue weighted by Gasteiger charge is -2.31. The standard InChI is InChI=1S/C24H30F3NO4S/c1-6-17(2)28(22(29)15-23(3,4)5)16-18-9-7-11-20(13-18)32-33(30,31)21-12-8-10-19(14-21)24(25,26)27/h7-14,17H,6,15-16H2,1-5H3/t17-/m1/s1. The molecule has 2 aromatic carbocycles. The van der Waals surface area contributed by atoms with Crippen LogP contribution in [0.2, 0.25) is 0 Å². The molecular weight excluding hydrogens is 455 g/mol. The third-order valence-corrected chi connectivity index (χ3v) is 6.28. The Labute approximate surface area is 193 Å². The number of rotatable bonds is 8. The number of benzene rings is 2. The van der Waals surface area contributed by atoms with E-state index in [1.165, 1.54) is 12.1 Å². The molecule has 0 aliphatic carbocycles. The summed E-state index contributed by atoms with van der Waals surface area (Å²) in [5, 5.41) is 0. The van der Waals surface area contributed by atoms with Gasteiger partial charge in [0.1, 0.15) is 10.6 Å². The van der Waals surface area contributed by atoms with E-state index in [0.717, 1.165) is 24.6 Å². The van der Waals surface area contributed by atoms with Crippen molar-refractivity contribution in [3.8, 4) is 5.75 Å². The number of nitrogens with zero attached hydrogens (tertiary/aromatic N) is 1. The van der Waals surface area contributed by atoms with Crippen LogP contribution in [-0.4, -0.2) is 25.3 Å². The van der Waals surface area contributed by atoms with Crippen molar-refractivity contribution in [3.63, 3.8) is 0 Å². The molecule has 0 heterocycles. The number of carbonyl (C=O) groups excluding carboxylic acids is 1.